The minimum absolute atomic E-state index is 0.0159. The molecular formula is C12H11N3O4S. The molecule has 0 amide bonds. The first-order valence-corrected chi connectivity index (χ1v) is 7.06. The minimum atomic E-state index is -3.87. The Morgan fingerprint density at radius 2 is 2.00 bits per heavy atom. The molecule has 0 aliphatic carbocycles. The second-order valence-corrected chi connectivity index (χ2v) is 5.68. The first kappa shape index (κ1) is 13.9. The van der Waals surface area contributed by atoms with E-state index in [9.17, 15) is 18.0 Å². The van der Waals surface area contributed by atoms with Gasteiger partial charge in [-0.25, -0.2) is 13.5 Å². The number of carbonyl (C=O) groups excluding carboxylic acids is 1. The van der Waals surface area contributed by atoms with Crippen molar-refractivity contribution in [2.24, 2.45) is 0 Å². The zero-order valence-electron chi connectivity index (χ0n) is 10.5. The molecule has 1 aromatic heterocycles. The third-order valence-corrected chi connectivity index (χ3v) is 3.82. The maximum Gasteiger partial charge on any atom is 0.264 e. The molecule has 0 aliphatic heterocycles. The number of hydrogen-bond donors (Lipinski definition) is 2. The Kier molecular flexibility index (Phi) is 3.66. The molecule has 0 saturated carbocycles. The topological polar surface area (TPSA) is 109 Å². The maximum atomic E-state index is 12.1. The zero-order chi connectivity index (χ0) is 14.8. The summed E-state index contributed by atoms with van der Waals surface area (Å²) in [5, 5.41) is 5.67. The molecule has 0 spiro atoms. The van der Waals surface area contributed by atoms with Gasteiger partial charge in [0.15, 0.2) is 11.6 Å². The fourth-order valence-corrected chi connectivity index (χ4v) is 2.53. The number of benzene rings is 1. The number of hydrogen-bond acceptors (Lipinski definition) is 5. The summed E-state index contributed by atoms with van der Waals surface area (Å²) in [6, 6.07) is 8.03. The lowest BCUT2D eigenvalue weighted by molar-refractivity contribution is 0.101. The van der Waals surface area contributed by atoms with E-state index in [0.29, 0.717) is 5.56 Å². The summed E-state index contributed by atoms with van der Waals surface area (Å²) in [7, 11) is -3.87. The number of rotatable bonds is 4. The largest absolute Gasteiger partial charge is 0.295 e. The highest BCUT2D eigenvalue weighted by molar-refractivity contribution is 7.92. The van der Waals surface area contributed by atoms with E-state index in [2.05, 4.69) is 14.9 Å². The number of nitrogens with zero attached hydrogens (tertiary/aromatic N) is 1. The average Bonchev–Trinajstić information content (AvgIpc) is 2.41. The highest BCUT2D eigenvalue weighted by atomic mass is 32.2. The highest BCUT2D eigenvalue weighted by Gasteiger charge is 2.16. The van der Waals surface area contributed by atoms with Gasteiger partial charge in [-0.1, -0.05) is 12.1 Å². The van der Waals surface area contributed by atoms with Crippen molar-refractivity contribution in [3.63, 3.8) is 0 Å². The lowest BCUT2D eigenvalue weighted by Gasteiger charge is -2.07. The molecule has 2 aromatic rings. The van der Waals surface area contributed by atoms with Crippen LogP contribution in [0.15, 0.2) is 46.1 Å². The number of aromatic amines is 1. The van der Waals surface area contributed by atoms with Crippen molar-refractivity contribution in [2.45, 2.75) is 11.8 Å². The van der Waals surface area contributed by atoms with Gasteiger partial charge in [-0.3, -0.25) is 14.3 Å². The maximum absolute atomic E-state index is 12.1. The summed E-state index contributed by atoms with van der Waals surface area (Å²) in [6.07, 6.45) is 0. The van der Waals surface area contributed by atoms with Crippen molar-refractivity contribution < 1.29 is 13.2 Å². The molecule has 0 atom stereocenters. The minimum Gasteiger partial charge on any atom is -0.295 e. The quantitative estimate of drug-likeness (QED) is 0.809. The summed E-state index contributed by atoms with van der Waals surface area (Å²) in [5.41, 5.74) is -0.145. The summed E-state index contributed by atoms with van der Waals surface area (Å²) >= 11 is 0. The smallest absolute Gasteiger partial charge is 0.264 e. The van der Waals surface area contributed by atoms with Crippen LogP contribution in [-0.4, -0.2) is 24.4 Å². The molecule has 0 fully saturated rings. The Labute approximate surface area is 114 Å². The van der Waals surface area contributed by atoms with Crippen molar-refractivity contribution in [2.75, 3.05) is 4.72 Å². The Hall–Kier alpha value is -2.48. The number of sulfonamides is 1. The third-order valence-electron chi connectivity index (χ3n) is 2.47. The summed E-state index contributed by atoms with van der Waals surface area (Å²) in [5.74, 6) is -0.248. The van der Waals surface area contributed by atoms with E-state index in [-0.39, 0.29) is 16.5 Å². The Bertz CT molecular complexity index is 791. The first-order chi connectivity index (χ1) is 9.38. The SMILES string of the molecule is CC(=O)c1cccc(S(=O)(=O)Nc2ccc(=O)[nH]n2)c1. The van der Waals surface area contributed by atoms with E-state index in [1.165, 1.54) is 37.3 Å². The fraction of sp³-hybridized carbons (Fsp3) is 0.0833. The van der Waals surface area contributed by atoms with Crippen LogP contribution in [0, 0.1) is 0 Å². The average molecular weight is 293 g/mol. The molecule has 0 saturated heterocycles. The molecule has 20 heavy (non-hydrogen) atoms. The number of H-pyrrole nitrogens is 1. The fourth-order valence-electron chi connectivity index (χ4n) is 1.48. The third kappa shape index (κ3) is 3.09. The van der Waals surface area contributed by atoms with Gasteiger partial charge in [-0.05, 0) is 25.1 Å². The van der Waals surface area contributed by atoms with Gasteiger partial charge in [0.25, 0.3) is 15.6 Å². The van der Waals surface area contributed by atoms with E-state index < -0.39 is 15.6 Å². The van der Waals surface area contributed by atoms with Gasteiger partial charge in [0.2, 0.25) is 0 Å². The van der Waals surface area contributed by atoms with Crippen molar-refractivity contribution in [3.05, 3.63) is 52.3 Å². The predicted octanol–water partition coefficient (Wildman–Crippen LogP) is 0.773. The van der Waals surface area contributed by atoms with E-state index in [1.807, 2.05) is 0 Å². The molecule has 0 aliphatic rings. The number of carbonyl (C=O) groups is 1. The molecule has 104 valence electrons. The Balaban J connectivity index is 2.35. The molecule has 1 heterocycles. The number of nitrogens with one attached hydrogen (secondary N) is 2. The molecule has 7 nitrogen and oxygen atoms in total. The molecule has 0 bridgehead atoms. The molecule has 0 unspecified atom stereocenters. The van der Waals surface area contributed by atoms with Gasteiger partial charge in [-0.2, -0.15) is 5.10 Å². The van der Waals surface area contributed by atoms with Crippen LogP contribution in [0.25, 0.3) is 0 Å². The molecule has 0 radical (unpaired) electrons. The highest BCUT2D eigenvalue weighted by Crippen LogP contribution is 2.15. The standard InChI is InChI=1S/C12H11N3O4S/c1-8(16)9-3-2-4-10(7-9)20(18,19)15-11-5-6-12(17)14-13-11/h2-7H,1H3,(H,13,15)(H,14,17). The van der Waals surface area contributed by atoms with Gasteiger partial charge >= 0.3 is 0 Å². The van der Waals surface area contributed by atoms with Gasteiger partial charge in [0.1, 0.15) is 0 Å². The van der Waals surface area contributed by atoms with Crippen molar-refractivity contribution in [3.8, 4) is 0 Å². The van der Waals surface area contributed by atoms with E-state index in [4.69, 9.17) is 0 Å². The number of anilines is 1. The first-order valence-electron chi connectivity index (χ1n) is 5.58. The lowest BCUT2D eigenvalue weighted by atomic mass is 10.2. The van der Waals surface area contributed by atoms with Gasteiger partial charge < -0.3 is 0 Å². The zero-order valence-corrected chi connectivity index (χ0v) is 11.3. The summed E-state index contributed by atoms with van der Waals surface area (Å²) in [4.78, 5) is 22.0. The van der Waals surface area contributed by atoms with E-state index in [0.717, 1.165) is 6.07 Å². The van der Waals surface area contributed by atoms with E-state index in [1.54, 1.807) is 0 Å². The van der Waals surface area contributed by atoms with Crippen LogP contribution >= 0.6 is 0 Å². The summed E-state index contributed by atoms with van der Waals surface area (Å²) in [6.45, 7) is 1.35. The second-order valence-electron chi connectivity index (χ2n) is 4.00. The Morgan fingerprint density at radius 1 is 1.25 bits per heavy atom. The van der Waals surface area contributed by atoms with Crippen LogP contribution in [-0.2, 0) is 10.0 Å². The molecule has 2 N–H and O–H groups in total. The number of ketones is 1. The van der Waals surface area contributed by atoms with Crippen LogP contribution in [0.3, 0.4) is 0 Å². The number of Topliss-reactive ketones (excluding diaryl/α,β-unsaturated/α-hetero) is 1. The van der Waals surface area contributed by atoms with Crippen LogP contribution in [0.1, 0.15) is 17.3 Å². The van der Waals surface area contributed by atoms with Crippen LogP contribution in [0.4, 0.5) is 5.82 Å². The normalized spacial score (nSPS) is 11.1. The summed E-state index contributed by atoms with van der Waals surface area (Å²) < 4.78 is 26.4. The van der Waals surface area contributed by atoms with Crippen LogP contribution < -0.4 is 10.3 Å². The van der Waals surface area contributed by atoms with Gasteiger partial charge in [-0.15, -0.1) is 0 Å². The monoisotopic (exact) mass is 293 g/mol. The van der Waals surface area contributed by atoms with Gasteiger partial charge in [0, 0.05) is 11.6 Å². The number of aromatic nitrogens is 2. The van der Waals surface area contributed by atoms with Crippen LogP contribution in [0.2, 0.25) is 0 Å². The lowest BCUT2D eigenvalue weighted by Crippen LogP contribution is -2.16. The van der Waals surface area contributed by atoms with Crippen molar-refractivity contribution >= 4 is 21.6 Å². The van der Waals surface area contributed by atoms with Crippen molar-refractivity contribution in [1.82, 2.24) is 10.2 Å². The molecule has 1 aromatic carbocycles. The second kappa shape index (κ2) is 5.25. The molecule has 2 rings (SSSR count). The van der Waals surface area contributed by atoms with Crippen molar-refractivity contribution in [1.29, 1.82) is 0 Å². The van der Waals surface area contributed by atoms with E-state index >= 15 is 0 Å². The predicted molar refractivity (Wildman–Crippen MR) is 72.1 cm³/mol. The molecule has 8 heteroatoms. The molecular weight excluding hydrogens is 282 g/mol. The van der Waals surface area contributed by atoms with Crippen LogP contribution in [0.5, 0.6) is 0 Å². The van der Waals surface area contributed by atoms with Gasteiger partial charge in [0.05, 0.1) is 4.90 Å². The Morgan fingerprint density at radius 3 is 2.60 bits per heavy atom.